The molecule has 24 heavy (non-hydrogen) atoms. The Morgan fingerprint density at radius 2 is 1.67 bits per heavy atom. The van der Waals surface area contributed by atoms with E-state index in [1.807, 2.05) is 0 Å². The van der Waals surface area contributed by atoms with Gasteiger partial charge < -0.3 is 9.47 Å². The summed E-state index contributed by atoms with van der Waals surface area (Å²) in [6.07, 6.45) is 8.62. The standard InChI is InChI=1S/C20H28F2O2/c1-2-3-4-14-5-7-15(8-6-14)17-12-23-20(24-13-17)16-9-10-18(21)19(22)11-16/h9-11,14-15,17,20H,2-8,12-13H2,1H3. The average Bonchev–Trinajstić information content (AvgIpc) is 2.63. The zero-order valence-electron chi connectivity index (χ0n) is 14.5. The number of halogens is 2. The van der Waals surface area contributed by atoms with Gasteiger partial charge in [-0.15, -0.1) is 0 Å². The van der Waals surface area contributed by atoms with Gasteiger partial charge in [-0.3, -0.25) is 0 Å². The minimum atomic E-state index is -0.854. The van der Waals surface area contributed by atoms with Crippen molar-refractivity contribution in [2.75, 3.05) is 13.2 Å². The van der Waals surface area contributed by atoms with E-state index in [1.165, 1.54) is 57.1 Å². The second-order valence-corrected chi connectivity index (χ2v) is 7.36. The lowest BCUT2D eigenvalue weighted by Crippen LogP contribution is -2.34. The van der Waals surface area contributed by atoms with E-state index in [0.29, 0.717) is 30.6 Å². The van der Waals surface area contributed by atoms with Crippen molar-refractivity contribution in [1.82, 2.24) is 0 Å². The van der Waals surface area contributed by atoms with Crippen molar-refractivity contribution < 1.29 is 18.3 Å². The van der Waals surface area contributed by atoms with Gasteiger partial charge in [-0.2, -0.15) is 0 Å². The second kappa shape index (κ2) is 8.39. The molecule has 2 nitrogen and oxygen atoms in total. The van der Waals surface area contributed by atoms with Gasteiger partial charge in [0.2, 0.25) is 0 Å². The van der Waals surface area contributed by atoms with E-state index in [1.54, 1.807) is 0 Å². The molecule has 1 saturated carbocycles. The highest BCUT2D eigenvalue weighted by molar-refractivity contribution is 5.19. The highest BCUT2D eigenvalue weighted by Crippen LogP contribution is 2.38. The van der Waals surface area contributed by atoms with E-state index in [0.717, 1.165) is 12.0 Å². The summed E-state index contributed by atoms with van der Waals surface area (Å²) in [6, 6.07) is 3.82. The molecule has 0 amide bonds. The number of benzene rings is 1. The van der Waals surface area contributed by atoms with Crippen LogP contribution in [-0.4, -0.2) is 13.2 Å². The molecular weight excluding hydrogens is 310 g/mol. The fourth-order valence-electron chi connectivity index (χ4n) is 4.08. The first kappa shape index (κ1) is 17.8. The molecule has 2 aliphatic rings. The summed E-state index contributed by atoms with van der Waals surface area (Å²) >= 11 is 0. The first-order valence-electron chi connectivity index (χ1n) is 9.35. The monoisotopic (exact) mass is 338 g/mol. The molecule has 1 aromatic carbocycles. The van der Waals surface area contributed by atoms with Gasteiger partial charge in [-0.05, 0) is 36.8 Å². The summed E-state index contributed by atoms with van der Waals surface area (Å²) in [5.41, 5.74) is 0.552. The SMILES string of the molecule is CCCCC1CCC(C2COC(c3ccc(F)c(F)c3)OC2)CC1. The van der Waals surface area contributed by atoms with Crippen LogP contribution in [0.3, 0.4) is 0 Å². The molecule has 1 aliphatic heterocycles. The minimum Gasteiger partial charge on any atom is -0.348 e. The molecule has 0 atom stereocenters. The molecule has 0 spiro atoms. The van der Waals surface area contributed by atoms with Crippen molar-refractivity contribution in [3.8, 4) is 0 Å². The third-order valence-electron chi connectivity index (χ3n) is 5.66. The van der Waals surface area contributed by atoms with Crippen LogP contribution in [0.15, 0.2) is 18.2 Å². The van der Waals surface area contributed by atoms with Crippen LogP contribution in [0.2, 0.25) is 0 Å². The third kappa shape index (κ3) is 4.34. The lowest BCUT2D eigenvalue weighted by Gasteiger charge is -2.37. The zero-order chi connectivity index (χ0) is 16.9. The van der Waals surface area contributed by atoms with Crippen molar-refractivity contribution in [2.45, 2.75) is 58.2 Å². The molecule has 1 saturated heterocycles. The number of unbranched alkanes of at least 4 members (excludes halogenated alkanes) is 1. The largest absolute Gasteiger partial charge is 0.348 e. The maximum atomic E-state index is 13.3. The lowest BCUT2D eigenvalue weighted by atomic mass is 9.75. The molecule has 1 aromatic rings. The van der Waals surface area contributed by atoms with Crippen molar-refractivity contribution in [3.05, 3.63) is 35.4 Å². The molecule has 2 fully saturated rings. The van der Waals surface area contributed by atoms with Crippen LogP contribution in [0.25, 0.3) is 0 Å². The van der Waals surface area contributed by atoms with E-state index >= 15 is 0 Å². The fraction of sp³-hybridized carbons (Fsp3) is 0.700. The van der Waals surface area contributed by atoms with E-state index < -0.39 is 17.9 Å². The van der Waals surface area contributed by atoms with Crippen LogP contribution < -0.4 is 0 Å². The van der Waals surface area contributed by atoms with Gasteiger partial charge in [-0.1, -0.05) is 45.1 Å². The molecule has 0 bridgehead atoms. The van der Waals surface area contributed by atoms with E-state index in [-0.39, 0.29) is 0 Å². The molecular formula is C20H28F2O2. The first-order valence-corrected chi connectivity index (χ1v) is 9.35. The summed E-state index contributed by atoms with van der Waals surface area (Å²) in [4.78, 5) is 0. The van der Waals surface area contributed by atoms with Gasteiger partial charge in [0, 0.05) is 11.5 Å². The Labute approximate surface area is 143 Å². The van der Waals surface area contributed by atoms with Gasteiger partial charge in [0.05, 0.1) is 13.2 Å². The Bertz CT molecular complexity index is 518. The van der Waals surface area contributed by atoms with Gasteiger partial charge >= 0.3 is 0 Å². The molecule has 1 heterocycles. The fourth-order valence-corrected chi connectivity index (χ4v) is 4.08. The van der Waals surface area contributed by atoms with Crippen LogP contribution >= 0.6 is 0 Å². The minimum absolute atomic E-state index is 0.429. The molecule has 0 N–H and O–H groups in total. The Hall–Kier alpha value is -1.00. The van der Waals surface area contributed by atoms with Gasteiger partial charge in [-0.25, -0.2) is 8.78 Å². The third-order valence-corrected chi connectivity index (χ3v) is 5.66. The Balaban J connectivity index is 1.46. The Kier molecular flexibility index (Phi) is 6.23. The topological polar surface area (TPSA) is 18.5 Å². The summed E-state index contributed by atoms with van der Waals surface area (Å²) in [6.45, 7) is 3.55. The maximum absolute atomic E-state index is 13.3. The molecule has 4 heteroatoms. The predicted octanol–water partition coefficient (Wildman–Crippen LogP) is 5.62. The average molecular weight is 338 g/mol. The summed E-state index contributed by atoms with van der Waals surface area (Å²) in [5, 5.41) is 0. The van der Waals surface area contributed by atoms with Crippen molar-refractivity contribution in [3.63, 3.8) is 0 Å². The van der Waals surface area contributed by atoms with Gasteiger partial charge in [0.15, 0.2) is 17.9 Å². The Morgan fingerprint density at radius 3 is 2.29 bits per heavy atom. The first-order chi connectivity index (χ1) is 11.7. The number of rotatable bonds is 5. The van der Waals surface area contributed by atoms with Crippen LogP contribution in [0.1, 0.15) is 63.7 Å². The van der Waals surface area contributed by atoms with Crippen LogP contribution in [-0.2, 0) is 9.47 Å². The van der Waals surface area contributed by atoms with Crippen LogP contribution in [0, 0.1) is 29.4 Å². The van der Waals surface area contributed by atoms with Crippen LogP contribution in [0.5, 0.6) is 0 Å². The van der Waals surface area contributed by atoms with Crippen LogP contribution in [0.4, 0.5) is 8.78 Å². The number of ether oxygens (including phenoxy) is 2. The van der Waals surface area contributed by atoms with E-state index in [9.17, 15) is 8.78 Å². The molecule has 3 rings (SSSR count). The molecule has 0 aromatic heterocycles. The van der Waals surface area contributed by atoms with Crippen molar-refractivity contribution in [1.29, 1.82) is 0 Å². The summed E-state index contributed by atoms with van der Waals surface area (Å²) < 4.78 is 38.0. The number of hydrogen-bond acceptors (Lipinski definition) is 2. The van der Waals surface area contributed by atoms with E-state index in [2.05, 4.69) is 6.92 Å². The highest BCUT2D eigenvalue weighted by atomic mass is 19.2. The van der Waals surface area contributed by atoms with Crippen molar-refractivity contribution >= 4 is 0 Å². The zero-order valence-corrected chi connectivity index (χ0v) is 14.5. The molecule has 134 valence electrons. The predicted molar refractivity (Wildman–Crippen MR) is 89.5 cm³/mol. The Morgan fingerprint density at radius 1 is 0.958 bits per heavy atom. The maximum Gasteiger partial charge on any atom is 0.183 e. The highest BCUT2D eigenvalue weighted by Gasteiger charge is 2.32. The number of hydrogen-bond donors (Lipinski definition) is 0. The normalized spacial score (nSPS) is 31.1. The molecule has 0 unspecified atom stereocenters. The molecule has 1 aliphatic carbocycles. The molecule has 0 radical (unpaired) electrons. The van der Waals surface area contributed by atoms with Crippen molar-refractivity contribution in [2.24, 2.45) is 17.8 Å². The quantitative estimate of drug-likeness (QED) is 0.693. The summed E-state index contributed by atoms with van der Waals surface area (Å²) in [7, 11) is 0. The van der Waals surface area contributed by atoms with Gasteiger partial charge in [0.25, 0.3) is 0 Å². The second-order valence-electron chi connectivity index (χ2n) is 7.36. The smallest absolute Gasteiger partial charge is 0.183 e. The summed E-state index contributed by atoms with van der Waals surface area (Å²) in [5.74, 6) is 0.313. The lowest BCUT2D eigenvalue weighted by molar-refractivity contribution is -0.214. The van der Waals surface area contributed by atoms with Gasteiger partial charge in [0.1, 0.15) is 0 Å². The van der Waals surface area contributed by atoms with E-state index in [4.69, 9.17) is 9.47 Å².